The minimum Gasteiger partial charge on any atom is -0.477 e. The van der Waals surface area contributed by atoms with E-state index < -0.39 is 26.8 Å². The highest BCUT2D eigenvalue weighted by Crippen LogP contribution is 2.15. The Morgan fingerprint density at radius 1 is 1.52 bits per heavy atom. The van der Waals surface area contributed by atoms with Crippen LogP contribution in [0.5, 0.6) is 0 Å². The van der Waals surface area contributed by atoms with Gasteiger partial charge in [-0.1, -0.05) is 0 Å². The van der Waals surface area contributed by atoms with Gasteiger partial charge in [-0.15, -0.1) is 0 Å². The van der Waals surface area contributed by atoms with Gasteiger partial charge in [0, 0.05) is 41.6 Å². The second kappa shape index (κ2) is 7.19. The number of aromatic nitrogens is 1. The summed E-state index contributed by atoms with van der Waals surface area (Å²) in [4.78, 5) is 11.0. The summed E-state index contributed by atoms with van der Waals surface area (Å²) >= 11 is 0. The monoisotopic (exact) mass is 336 g/mol. The largest absolute Gasteiger partial charge is 0.477 e. The van der Waals surface area contributed by atoms with Crippen LogP contribution < -0.4 is 4.72 Å². The van der Waals surface area contributed by atoms with E-state index in [4.69, 9.17) is 5.11 Å². The molecule has 2 unspecified atom stereocenters. The molecule has 0 spiro atoms. The second-order valence-electron chi connectivity index (χ2n) is 4.74. The fourth-order valence-electron chi connectivity index (χ4n) is 1.81. The Kier molecular flexibility index (Phi) is 6.11. The highest BCUT2D eigenvalue weighted by Gasteiger charge is 2.22. The van der Waals surface area contributed by atoms with Gasteiger partial charge < -0.3 is 9.67 Å². The summed E-state index contributed by atoms with van der Waals surface area (Å²) in [5.41, 5.74) is -0.0693. The van der Waals surface area contributed by atoms with Crippen molar-refractivity contribution in [2.24, 2.45) is 0 Å². The average Bonchev–Trinajstić information content (AvgIpc) is 2.80. The molecule has 9 heteroatoms. The van der Waals surface area contributed by atoms with Crippen LogP contribution >= 0.6 is 0 Å². The van der Waals surface area contributed by atoms with E-state index in [0.29, 0.717) is 18.7 Å². The molecule has 0 aliphatic heterocycles. The van der Waals surface area contributed by atoms with Crippen molar-refractivity contribution < 1.29 is 22.5 Å². The summed E-state index contributed by atoms with van der Waals surface area (Å²) in [5, 5.41) is 9.03. The number of carboxylic acid groups (broad SMARTS) is 1. The predicted molar refractivity (Wildman–Crippen MR) is 80.4 cm³/mol. The van der Waals surface area contributed by atoms with Gasteiger partial charge in [-0.3, -0.25) is 4.21 Å². The highest BCUT2D eigenvalue weighted by atomic mass is 32.2. The number of sulfonamides is 1. The Morgan fingerprint density at radius 3 is 2.57 bits per heavy atom. The summed E-state index contributed by atoms with van der Waals surface area (Å²) in [7, 11) is -4.77. The lowest BCUT2D eigenvalue weighted by molar-refractivity contribution is 0.0685. The van der Waals surface area contributed by atoms with Crippen molar-refractivity contribution >= 4 is 26.8 Å². The third-order valence-electron chi connectivity index (χ3n) is 2.94. The first kappa shape index (κ1) is 17.9. The van der Waals surface area contributed by atoms with E-state index in [1.54, 1.807) is 20.1 Å². The Bertz CT molecular complexity index is 636. The molecule has 0 saturated carbocycles. The maximum absolute atomic E-state index is 12.2. The molecule has 0 fully saturated rings. The van der Waals surface area contributed by atoms with E-state index in [0.717, 1.165) is 6.07 Å². The Morgan fingerprint density at radius 2 is 2.14 bits per heavy atom. The number of aryl methyl sites for hydroxylation is 1. The van der Waals surface area contributed by atoms with Gasteiger partial charge in [0.25, 0.3) is 0 Å². The summed E-state index contributed by atoms with van der Waals surface area (Å²) in [6.45, 7) is 3.77. The summed E-state index contributed by atoms with van der Waals surface area (Å²) < 4.78 is 39.2. The zero-order valence-electron chi connectivity index (χ0n) is 12.2. The van der Waals surface area contributed by atoms with Crippen LogP contribution in [0.2, 0.25) is 0 Å². The lowest BCUT2D eigenvalue weighted by atomic mass is 10.3. The number of aromatic carboxylic acids is 1. The van der Waals surface area contributed by atoms with Crippen LogP contribution in [-0.2, 0) is 27.4 Å². The SMILES string of the molecule is CCn1cc(S(=O)(=O)NC(C)CCS(C)=O)cc1C(=O)O. The summed E-state index contributed by atoms with van der Waals surface area (Å²) in [6, 6.07) is 0.760. The number of nitrogens with one attached hydrogen (secondary N) is 1. The van der Waals surface area contributed by atoms with E-state index in [1.165, 1.54) is 10.8 Å². The molecule has 21 heavy (non-hydrogen) atoms. The number of rotatable bonds is 8. The fraction of sp³-hybridized carbons (Fsp3) is 0.583. The van der Waals surface area contributed by atoms with Gasteiger partial charge in [0.05, 0.1) is 0 Å². The Balaban J connectivity index is 2.92. The Hall–Kier alpha value is -1.19. The van der Waals surface area contributed by atoms with Crippen LogP contribution in [0, 0.1) is 0 Å². The quantitative estimate of drug-likeness (QED) is 0.725. The van der Waals surface area contributed by atoms with E-state index in [9.17, 15) is 17.4 Å². The van der Waals surface area contributed by atoms with Crippen molar-refractivity contribution in [1.82, 2.24) is 9.29 Å². The predicted octanol–water partition coefficient (Wildman–Crippen LogP) is 0.642. The number of hydrogen-bond donors (Lipinski definition) is 2. The minimum atomic E-state index is -3.79. The van der Waals surface area contributed by atoms with E-state index in [1.807, 2.05) is 0 Å². The minimum absolute atomic E-state index is 0.0693. The molecule has 0 aliphatic rings. The zero-order valence-corrected chi connectivity index (χ0v) is 13.8. The molecular weight excluding hydrogens is 316 g/mol. The third kappa shape index (κ3) is 4.94. The molecule has 1 rings (SSSR count). The molecule has 2 atom stereocenters. The number of nitrogens with zero attached hydrogens (tertiary/aromatic N) is 1. The molecule has 0 aliphatic carbocycles. The molecule has 0 amide bonds. The molecule has 1 aromatic rings. The van der Waals surface area contributed by atoms with Gasteiger partial charge in [-0.2, -0.15) is 0 Å². The summed E-state index contributed by atoms with van der Waals surface area (Å²) in [6.07, 6.45) is 3.31. The van der Waals surface area contributed by atoms with E-state index >= 15 is 0 Å². The maximum Gasteiger partial charge on any atom is 0.352 e. The number of carboxylic acids is 1. The first-order valence-electron chi connectivity index (χ1n) is 6.43. The van der Waals surface area contributed by atoms with Gasteiger partial charge >= 0.3 is 5.97 Å². The third-order valence-corrected chi connectivity index (χ3v) is 5.30. The first-order valence-corrected chi connectivity index (χ1v) is 9.64. The van der Waals surface area contributed by atoms with Crippen molar-refractivity contribution in [1.29, 1.82) is 0 Å². The second-order valence-corrected chi connectivity index (χ2v) is 8.01. The van der Waals surface area contributed by atoms with Crippen LogP contribution in [-0.4, -0.2) is 46.3 Å². The maximum atomic E-state index is 12.2. The molecule has 2 N–H and O–H groups in total. The first-order chi connectivity index (χ1) is 9.67. The molecule has 1 heterocycles. The van der Waals surface area contributed by atoms with Crippen LogP contribution in [0.25, 0.3) is 0 Å². The van der Waals surface area contributed by atoms with Crippen molar-refractivity contribution in [3.05, 3.63) is 18.0 Å². The molecular formula is C12H20N2O5S2. The lowest BCUT2D eigenvalue weighted by Gasteiger charge is -2.12. The van der Waals surface area contributed by atoms with E-state index in [-0.39, 0.29) is 16.6 Å². The topological polar surface area (TPSA) is 105 Å². The van der Waals surface area contributed by atoms with Gasteiger partial charge in [0.2, 0.25) is 10.0 Å². The molecule has 0 bridgehead atoms. The van der Waals surface area contributed by atoms with Gasteiger partial charge in [0.1, 0.15) is 10.6 Å². The fourth-order valence-corrected chi connectivity index (χ4v) is 3.81. The average molecular weight is 336 g/mol. The van der Waals surface area contributed by atoms with Crippen molar-refractivity contribution in [2.45, 2.75) is 37.8 Å². The molecule has 0 saturated heterocycles. The summed E-state index contributed by atoms with van der Waals surface area (Å²) in [5.74, 6) is -0.771. The van der Waals surface area contributed by atoms with Crippen LogP contribution in [0.4, 0.5) is 0 Å². The number of carbonyl (C=O) groups is 1. The van der Waals surface area contributed by atoms with Gasteiger partial charge in [0.15, 0.2) is 0 Å². The van der Waals surface area contributed by atoms with Gasteiger partial charge in [-0.05, 0) is 26.3 Å². The lowest BCUT2D eigenvalue weighted by Crippen LogP contribution is -2.33. The van der Waals surface area contributed by atoms with Crippen LogP contribution in [0.1, 0.15) is 30.8 Å². The van der Waals surface area contributed by atoms with Crippen molar-refractivity contribution in [2.75, 3.05) is 12.0 Å². The normalized spacial score (nSPS) is 14.8. The standard InChI is InChI=1S/C12H20N2O5S2/c1-4-14-8-10(7-11(14)12(15)16)21(18,19)13-9(2)5-6-20(3)17/h7-9,13H,4-6H2,1-3H3,(H,15,16). The van der Waals surface area contributed by atoms with Crippen LogP contribution in [0.3, 0.4) is 0 Å². The molecule has 120 valence electrons. The highest BCUT2D eigenvalue weighted by molar-refractivity contribution is 7.89. The zero-order chi connectivity index (χ0) is 16.2. The van der Waals surface area contributed by atoms with Crippen LogP contribution in [0.15, 0.2) is 17.2 Å². The molecule has 1 aromatic heterocycles. The Labute approximate surface area is 126 Å². The van der Waals surface area contributed by atoms with Crippen molar-refractivity contribution in [3.63, 3.8) is 0 Å². The smallest absolute Gasteiger partial charge is 0.352 e. The van der Waals surface area contributed by atoms with E-state index in [2.05, 4.69) is 4.72 Å². The van der Waals surface area contributed by atoms with Gasteiger partial charge in [-0.25, -0.2) is 17.9 Å². The molecule has 0 aromatic carbocycles. The molecule has 7 nitrogen and oxygen atoms in total. The molecule has 0 radical (unpaired) electrons. The van der Waals surface area contributed by atoms with Crippen molar-refractivity contribution in [3.8, 4) is 0 Å². The number of hydrogen-bond acceptors (Lipinski definition) is 4.